The molecule has 1 aliphatic heterocycles. The minimum Gasteiger partial charge on any atom is -0.488 e. The molecule has 100 valence electrons. The summed E-state index contributed by atoms with van der Waals surface area (Å²) in [7, 11) is 0. The van der Waals surface area contributed by atoms with E-state index in [1.54, 1.807) is 0 Å². The summed E-state index contributed by atoms with van der Waals surface area (Å²) in [5, 5.41) is 8.36. The zero-order valence-electron chi connectivity index (χ0n) is 10.8. The minimum atomic E-state index is 0.155. The van der Waals surface area contributed by atoms with Crippen molar-refractivity contribution < 1.29 is 4.74 Å². The Kier molecular flexibility index (Phi) is 3.55. The lowest BCUT2D eigenvalue weighted by Gasteiger charge is -2.09. The van der Waals surface area contributed by atoms with Gasteiger partial charge in [0.15, 0.2) is 0 Å². The SMILES string of the molecule is CCC(Br)c1cn(CC2Cc3ccccc3O2)nn1. The molecule has 2 unspecified atom stereocenters. The molecule has 5 heteroatoms. The van der Waals surface area contributed by atoms with Crippen LogP contribution in [0.1, 0.15) is 29.4 Å². The summed E-state index contributed by atoms with van der Waals surface area (Å²) in [4.78, 5) is 0.281. The molecule has 1 aliphatic rings. The molecule has 1 aromatic heterocycles. The Morgan fingerprint density at radius 2 is 2.32 bits per heavy atom. The Morgan fingerprint density at radius 3 is 3.11 bits per heavy atom. The van der Waals surface area contributed by atoms with Crippen molar-refractivity contribution in [3.8, 4) is 5.75 Å². The quantitative estimate of drug-likeness (QED) is 0.812. The van der Waals surface area contributed by atoms with Crippen LogP contribution in [-0.4, -0.2) is 21.1 Å². The van der Waals surface area contributed by atoms with E-state index in [9.17, 15) is 0 Å². The number of nitrogens with zero attached hydrogens (tertiary/aromatic N) is 3. The molecule has 2 atom stereocenters. The van der Waals surface area contributed by atoms with Gasteiger partial charge in [-0.3, -0.25) is 0 Å². The van der Waals surface area contributed by atoms with E-state index >= 15 is 0 Å². The Morgan fingerprint density at radius 1 is 1.47 bits per heavy atom. The number of ether oxygens (including phenoxy) is 1. The molecule has 19 heavy (non-hydrogen) atoms. The molecule has 2 aromatic rings. The third kappa shape index (κ3) is 2.66. The Hall–Kier alpha value is -1.36. The van der Waals surface area contributed by atoms with Crippen LogP contribution in [0.4, 0.5) is 0 Å². The van der Waals surface area contributed by atoms with Gasteiger partial charge >= 0.3 is 0 Å². The largest absolute Gasteiger partial charge is 0.488 e. The zero-order chi connectivity index (χ0) is 13.2. The van der Waals surface area contributed by atoms with E-state index in [0.717, 1.165) is 30.8 Å². The second kappa shape index (κ2) is 5.33. The monoisotopic (exact) mass is 321 g/mol. The lowest BCUT2D eigenvalue weighted by Crippen LogP contribution is -2.21. The van der Waals surface area contributed by atoms with Crippen molar-refractivity contribution in [2.24, 2.45) is 0 Å². The molecule has 0 radical (unpaired) electrons. The van der Waals surface area contributed by atoms with Gasteiger partial charge in [0, 0.05) is 12.6 Å². The van der Waals surface area contributed by atoms with Gasteiger partial charge in [-0.2, -0.15) is 0 Å². The van der Waals surface area contributed by atoms with Crippen LogP contribution in [0.3, 0.4) is 0 Å². The molecular weight excluding hydrogens is 306 g/mol. The van der Waals surface area contributed by atoms with Crippen molar-refractivity contribution in [1.29, 1.82) is 0 Å². The molecule has 0 fully saturated rings. The van der Waals surface area contributed by atoms with Crippen LogP contribution in [0.25, 0.3) is 0 Å². The summed E-state index contributed by atoms with van der Waals surface area (Å²) in [6.45, 7) is 2.86. The lowest BCUT2D eigenvalue weighted by atomic mass is 10.1. The first-order valence-corrected chi connectivity index (χ1v) is 7.46. The van der Waals surface area contributed by atoms with Crippen molar-refractivity contribution in [2.75, 3.05) is 0 Å². The van der Waals surface area contributed by atoms with E-state index in [4.69, 9.17) is 4.74 Å². The number of hydrogen-bond acceptors (Lipinski definition) is 3. The summed E-state index contributed by atoms with van der Waals surface area (Å²) in [6.07, 6.45) is 4.10. The van der Waals surface area contributed by atoms with Gasteiger partial charge in [-0.25, -0.2) is 4.68 Å². The lowest BCUT2D eigenvalue weighted by molar-refractivity contribution is 0.202. The summed E-state index contributed by atoms with van der Waals surface area (Å²) in [5.74, 6) is 1.000. The molecule has 2 heterocycles. The van der Waals surface area contributed by atoms with Crippen molar-refractivity contribution in [2.45, 2.75) is 37.2 Å². The highest BCUT2D eigenvalue weighted by Gasteiger charge is 2.23. The predicted octanol–water partition coefficient (Wildman–Crippen LogP) is 3.13. The van der Waals surface area contributed by atoms with Crippen LogP contribution >= 0.6 is 15.9 Å². The van der Waals surface area contributed by atoms with E-state index in [1.165, 1.54) is 5.56 Å². The summed E-state index contributed by atoms with van der Waals surface area (Å²) >= 11 is 3.59. The molecule has 1 aromatic carbocycles. The summed E-state index contributed by atoms with van der Waals surface area (Å²) in [5.41, 5.74) is 2.26. The number of fused-ring (bicyclic) bond motifs is 1. The second-order valence-electron chi connectivity index (χ2n) is 4.79. The van der Waals surface area contributed by atoms with E-state index in [0.29, 0.717) is 0 Å². The summed E-state index contributed by atoms with van der Waals surface area (Å²) < 4.78 is 7.78. The maximum absolute atomic E-state index is 5.91. The Bertz CT molecular complexity index is 544. The fraction of sp³-hybridized carbons (Fsp3) is 0.429. The van der Waals surface area contributed by atoms with E-state index in [-0.39, 0.29) is 10.9 Å². The van der Waals surface area contributed by atoms with Crippen LogP contribution in [0, 0.1) is 0 Å². The fourth-order valence-corrected chi connectivity index (χ4v) is 2.53. The first kappa shape index (κ1) is 12.7. The predicted molar refractivity (Wildman–Crippen MR) is 76.5 cm³/mol. The Labute approximate surface area is 120 Å². The van der Waals surface area contributed by atoms with Crippen LogP contribution in [0.2, 0.25) is 0 Å². The number of para-hydroxylation sites is 1. The first-order chi connectivity index (χ1) is 9.26. The van der Waals surface area contributed by atoms with Gasteiger partial charge in [-0.1, -0.05) is 46.3 Å². The molecule has 0 saturated heterocycles. The molecule has 0 N–H and O–H groups in total. The molecule has 3 rings (SSSR count). The normalized spacial score (nSPS) is 18.9. The number of hydrogen-bond donors (Lipinski definition) is 0. The van der Waals surface area contributed by atoms with Gasteiger partial charge in [-0.05, 0) is 18.1 Å². The van der Waals surface area contributed by atoms with Gasteiger partial charge in [0.05, 0.1) is 17.1 Å². The third-order valence-electron chi connectivity index (χ3n) is 3.34. The second-order valence-corrected chi connectivity index (χ2v) is 5.90. The molecule has 0 bridgehead atoms. The van der Waals surface area contributed by atoms with Gasteiger partial charge in [0.2, 0.25) is 0 Å². The molecule has 4 nitrogen and oxygen atoms in total. The standard InChI is InChI=1S/C14H16BrN3O/c1-2-12(15)13-9-18(17-16-13)8-11-7-10-5-3-4-6-14(10)19-11/h3-6,9,11-12H,2,7-8H2,1H3. The van der Waals surface area contributed by atoms with Crippen molar-refractivity contribution >= 4 is 15.9 Å². The van der Waals surface area contributed by atoms with Gasteiger partial charge in [0.25, 0.3) is 0 Å². The average Bonchev–Trinajstić information content (AvgIpc) is 3.04. The van der Waals surface area contributed by atoms with Gasteiger partial charge < -0.3 is 4.74 Å². The number of halogens is 1. The zero-order valence-corrected chi connectivity index (χ0v) is 12.4. The van der Waals surface area contributed by atoms with Crippen LogP contribution < -0.4 is 4.74 Å². The highest BCUT2D eigenvalue weighted by atomic mass is 79.9. The minimum absolute atomic E-state index is 0.155. The first-order valence-electron chi connectivity index (χ1n) is 6.55. The number of aromatic nitrogens is 3. The highest BCUT2D eigenvalue weighted by molar-refractivity contribution is 9.09. The fourth-order valence-electron chi connectivity index (χ4n) is 2.32. The van der Waals surface area contributed by atoms with Crippen LogP contribution in [-0.2, 0) is 13.0 Å². The molecule has 0 aliphatic carbocycles. The molecule has 0 saturated carbocycles. The van der Waals surface area contributed by atoms with Crippen LogP contribution in [0.5, 0.6) is 5.75 Å². The maximum atomic E-state index is 5.91. The van der Waals surface area contributed by atoms with Crippen molar-refractivity contribution in [3.05, 3.63) is 41.7 Å². The van der Waals surface area contributed by atoms with Crippen molar-refractivity contribution in [3.63, 3.8) is 0 Å². The van der Waals surface area contributed by atoms with Crippen molar-refractivity contribution in [1.82, 2.24) is 15.0 Å². The van der Waals surface area contributed by atoms with Gasteiger partial charge in [0.1, 0.15) is 11.9 Å². The third-order valence-corrected chi connectivity index (χ3v) is 4.46. The molecular formula is C14H16BrN3O. The highest BCUT2D eigenvalue weighted by Crippen LogP contribution is 2.29. The maximum Gasteiger partial charge on any atom is 0.123 e. The number of rotatable bonds is 4. The molecule has 0 amide bonds. The van der Waals surface area contributed by atoms with E-state index < -0.39 is 0 Å². The number of alkyl halides is 1. The van der Waals surface area contributed by atoms with Gasteiger partial charge in [-0.15, -0.1) is 5.10 Å². The topological polar surface area (TPSA) is 39.9 Å². The van der Waals surface area contributed by atoms with Crippen LogP contribution in [0.15, 0.2) is 30.5 Å². The smallest absolute Gasteiger partial charge is 0.123 e. The molecule has 0 spiro atoms. The average molecular weight is 322 g/mol. The summed E-state index contributed by atoms with van der Waals surface area (Å²) in [6, 6.07) is 8.20. The van der Waals surface area contributed by atoms with E-state index in [1.807, 2.05) is 23.0 Å². The Balaban J connectivity index is 1.66. The number of benzene rings is 1. The van der Waals surface area contributed by atoms with E-state index in [2.05, 4.69) is 45.3 Å².